The summed E-state index contributed by atoms with van der Waals surface area (Å²) in [6, 6.07) is -0.114. The number of rotatable bonds is 2. The minimum absolute atomic E-state index is 0.114. The summed E-state index contributed by atoms with van der Waals surface area (Å²) in [7, 11) is 1.64. The van der Waals surface area contributed by atoms with Crippen LogP contribution in [-0.4, -0.2) is 25.2 Å². The van der Waals surface area contributed by atoms with Crippen LogP contribution in [0.15, 0.2) is 0 Å². The molecule has 0 aromatic carbocycles. The van der Waals surface area contributed by atoms with Crippen molar-refractivity contribution in [1.29, 1.82) is 0 Å². The number of nitrogens with two attached hydrogens (primary N) is 1. The molecule has 0 aliphatic heterocycles. The van der Waals surface area contributed by atoms with Crippen molar-refractivity contribution < 1.29 is 4.79 Å². The van der Waals surface area contributed by atoms with Gasteiger partial charge in [0.05, 0.1) is 5.54 Å². The number of hydrogen-bond acceptors (Lipinski definition) is 2. The molecule has 0 aromatic rings. The molecule has 1 aliphatic rings. The molecule has 4 N–H and O–H groups in total. The first-order chi connectivity index (χ1) is 6.72. The van der Waals surface area contributed by atoms with Crippen molar-refractivity contribution in [1.82, 2.24) is 10.6 Å². The van der Waals surface area contributed by atoms with Crippen LogP contribution in [0, 0.1) is 0 Å². The van der Waals surface area contributed by atoms with E-state index in [1.807, 2.05) is 0 Å². The second-order valence-electron chi connectivity index (χ2n) is 4.10. The molecule has 0 bridgehead atoms. The molecule has 14 heavy (non-hydrogen) atoms. The van der Waals surface area contributed by atoms with Crippen LogP contribution in [0.3, 0.4) is 0 Å². The second kappa shape index (κ2) is 5.20. The van der Waals surface area contributed by atoms with Crippen LogP contribution in [0.2, 0.25) is 0 Å². The van der Waals surface area contributed by atoms with Crippen LogP contribution in [0.5, 0.6) is 0 Å². The van der Waals surface area contributed by atoms with Gasteiger partial charge in [-0.05, 0) is 12.8 Å². The van der Waals surface area contributed by atoms with Gasteiger partial charge in [-0.2, -0.15) is 0 Å². The van der Waals surface area contributed by atoms with E-state index in [-0.39, 0.29) is 11.6 Å². The van der Waals surface area contributed by atoms with Crippen LogP contribution in [0.1, 0.15) is 38.5 Å². The summed E-state index contributed by atoms with van der Waals surface area (Å²) in [6.45, 7) is 0.542. The Hall–Kier alpha value is -0.770. The largest absolute Gasteiger partial charge is 0.341 e. The Bertz CT molecular complexity index is 186. The van der Waals surface area contributed by atoms with Crippen molar-refractivity contribution in [2.24, 2.45) is 5.73 Å². The third-order valence-corrected chi connectivity index (χ3v) is 3.06. The van der Waals surface area contributed by atoms with Crippen LogP contribution >= 0.6 is 0 Å². The van der Waals surface area contributed by atoms with Gasteiger partial charge in [0.2, 0.25) is 0 Å². The van der Waals surface area contributed by atoms with Gasteiger partial charge in [0.25, 0.3) is 0 Å². The molecule has 4 heteroatoms. The van der Waals surface area contributed by atoms with Gasteiger partial charge in [0.15, 0.2) is 0 Å². The Balaban J connectivity index is 2.57. The van der Waals surface area contributed by atoms with Gasteiger partial charge >= 0.3 is 6.03 Å². The lowest BCUT2D eigenvalue weighted by Gasteiger charge is -2.32. The van der Waals surface area contributed by atoms with Gasteiger partial charge in [-0.1, -0.05) is 25.7 Å². The number of nitrogens with one attached hydrogen (secondary N) is 2. The van der Waals surface area contributed by atoms with E-state index in [2.05, 4.69) is 10.6 Å². The molecule has 0 aromatic heterocycles. The molecule has 0 unspecified atom stereocenters. The van der Waals surface area contributed by atoms with E-state index in [1.54, 1.807) is 7.05 Å². The number of carbonyl (C=O) groups excluding carboxylic acids is 1. The summed E-state index contributed by atoms with van der Waals surface area (Å²) in [4.78, 5) is 11.3. The first kappa shape index (κ1) is 11.3. The third-order valence-electron chi connectivity index (χ3n) is 3.06. The minimum atomic E-state index is -0.156. The number of carbonyl (C=O) groups is 1. The Morgan fingerprint density at radius 2 is 1.86 bits per heavy atom. The molecule has 0 saturated heterocycles. The molecule has 0 radical (unpaired) electrons. The average molecular weight is 199 g/mol. The molecule has 4 nitrogen and oxygen atoms in total. The molecule has 0 heterocycles. The highest BCUT2D eigenvalue weighted by molar-refractivity contribution is 5.74. The SMILES string of the molecule is CNC(=O)NC1(CN)CCCCCC1. The predicted octanol–water partition coefficient (Wildman–Crippen LogP) is 0.967. The van der Waals surface area contributed by atoms with E-state index in [1.165, 1.54) is 25.7 Å². The molecule has 0 spiro atoms. The lowest BCUT2D eigenvalue weighted by atomic mass is 9.90. The van der Waals surface area contributed by atoms with Crippen LogP contribution in [-0.2, 0) is 0 Å². The van der Waals surface area contributed by atoms with E-state index >= 15 is 0 Å². The predicted molar refractivity (Wildman–Crippen MR) is 57.1 cm³/mol. The lowest BCUT2D eigenvalue weighted by molar-refractivity contribution is 0.221. The van der Waals surface area contributed by atoms with Gasteiger partial charge in [-0.3, -0.25) is 0 Å². The quantitative estimate of drug-likeness (QED) is 0.580. The molecule has 2 amide bonds. The highest BCUT2D eigenvalue weighted by atomic mass is 16.2. The van der Waals surface area contributed by atoms with Gasteiger partial charge in [-0.25, -0.2) is 4.79 Å². The smallest absolute Gasteiger partial charge is 0.315 e. The molecule has 1 saturated carbocycles. The van der Waals surface area contributed by atoms with E-state index in [9.17, 15) is 4.79 Å². The van der Waals surface area contributed by atoms with Gasteiger partial charge in [-0.15, -0.1) is 0 Å². The third kappa shape index (κ3) is 2.87. The summed E-state index contributed by atoms with van der Waals surface area (Å²) >= 11 is 0. The van der Waals surface area contributed by atoms with Crippen molar-refractivity contribution in [3.63, 3.8) is 0 Å². The summed E-state index contributed by atoms with van der Waals surface area (Å²) in [6.07, 6.45) is 6.88. The average Bonchev–Trinajstić information content (AvgIpc) is 2.44. The van der Waals surface area contributed by atoms with Crippen molar-refractivity contribution in [2.75, 3.05) is 13.6 Å². The monoisotopic (exact) mass is 199 g/mol. The summed E-state index contributed by atoms with van der Waals surface area (Å²) in [5.41, 5.74) is 5.61. The van der Waals surface area contributed by atoms with Crippen molar-refractivity contribution in [3.8, 4) is 0 Å². The van der Waals surface area contributed by atoms with Gasteiger partial charge in [0, 0.05) is 13.6 Å². The normalized spacial score (nSPS) is 21.0. The van der Waals surface area contributed by atoms with E-state index in [0.29, 0.717) is 6.54 Å². The Kier molecular flexibility index (Phi) is 4.20. The highest BCUT2D eigenvalue weighted by Crippen LogP contribution is 2.26. The van der Waals surface area contributed by atoms with E-state index in [4.69, 9.17) is 5.73 Å². The van der Waals surface area contributed by atoms with Gasteiger partial charge < -0.3 is 16.4 Å². The van der Waals surface area contributed by atoms with Gasteiger partial charge in [0.1, 0.15) is 0 Å². The van der Waals surface area contributed by atoms with Crippen LogP contribution < -0.4 is 16.4 Å². The number of hydrogen-bond donors (Lipinski definition) is 3. The number of amides is 2. The lowest BCUT2D eigenvalue weighted by Crippen LogP contribution is -2.55. The number of urea groups is 1. The molecule has 0 atom stereocenters. The molecule has 1 fully saturated rings. The zero-order chi connectivity index (χ0) is 10.4. The van der Waals surface area contributed by atoms with Crippen molar-refractivity contribution in [3.05, 3.63) is 0 Å². The molecule has 1 aliphatic carbocycles. The van der Waals surface area contributed by atoms with E-state index < -0.39 is 0 Å². The maximum absolute atomic E-state index is 11.3. The molecular formula is C10H21N3O. The molecular weight excluding hydrogens is 178 g/mol. The summed E-state index contributed by atoms with van der Waals surface area (Å²) < 4.78 is 0. The Morgan fingerprint density at radius 3 is 2.29 bits per heavy atom. The Morgan fingerprint density at radius 1 is 1.29 bits per heavy atom. The molecule has 82 valence electrons. The highest BCUT2D eigenvalue weighted by Gasteiger charge is 2.30. The first-order valence-electron chi connectivity index (χ1n) is 5.42. The van der Waals surface area contributed by atoms with Crippen LogP contribution in [0.25, 0.3) is 0 Å². The maximum Gasteiger partial charge on any atom is 0.315 e. The Labute approximate surface area is 85.6 Å². The summed E-state index contributed by atoms with van der Waals surface area (Å²) in [5.74, 6) is 0. The fourth-order valence-corrected chi connectivity index (χ4v) is 2.09. The zero-order valence-electron chi connectivity index (χ0n) is 8.94. The summed E-state index contributed by atoms with van der Waals surface area (Å²) in [5, 5.41) is 5.58. The zero-order valence-corrected chi connectivity index (χ0v) is 8.94. The molecule has 1 rings (SSSR count). The fraction of sp³-hybridized carbons (Fsp3) is 0.900. The van der Waals surface area contributed by atoms with Crippen LogP contribution in [0.4, 0.5) is 4.79 Å². The maximum atomic E-state index is 11.3. The fourth-order valence-electron chi connectivity index (χ4n) is 2.09. The van der Waals surface area contributed by atoms with Crippen molar-refractivity contribution in [2.45, 2.75) is 44.1 Å². The van der Waals surface area contributed by atoms with Crippen molar-refractivity contribution >= 4 is 6.03 Å². The minimum Gasteiger partial charge on any atom is -0.341 e. The van der Waals surface area contributed by atoms with E-state index in [0.717, 1.165) is 12.8 Å². The second-order valence-corrected chi connectivity index (χ2v) is 4.10. The first-order valence-corrected chi connectivity index (χ1v) is 5.42. The standard InChI is InChI=1S/C10H21N3O/c1-12-9(14)13-10(8-11)6-4-2-3-5-7-10/h2-8,11H2,1H3,(H2,12,13,14). The topological polar surface area (TPSA) is 67.2 Å².